The average molecular weight is 566 g/mol. The van der Waals surface area contributed by atoms with E-state index in [-0.39, 0.29) is 36.0 Å². The van der Waals surface area contributed by atoms with Crippen molar-refractivity contribution in [2.24, 2.45) is 4.99 Å². The van der Waals surface area contributed by atoms with E-state index in [2.05, 4.69) is 25.8 Å². The number of carbonyl (C=O) groups is 1. The number of nitrogens with one attached hydrogen (secondary N) is 3. The van der Waals surface area contributed by atoms with Crippen LogP contribution in [-0.4, -0.2) is 61.6 Å². The highest BCUT2D eigenvalue weighted by Gasteiger charge is 2.25. The molecule has 33 heavy (non-hydrogen) atoms. The summed E-state index contributed by atoms with van der Waals surface area (Å²) in [5.74, 6) is 1.73. The SMILES string of the molecule is CN=C(NCc1cccc(NC(=O)N2CCCC2)c1)NCC(c1ccco1)N1CCCC1.I. The Balaban J connectivity index is 0.00000306. The van der Waals surface area contributed by atoms with Crippen molar-refractivity contribution < 1.29 is 9.21 Å². The smallest absolute Gasteiger partial charge is 0.321 e. The van der Waals surface area contributed by atoms with Gasteiger partial charge in [0.2, 0.25) is 0 Å². The van der Waals surface area contributed by atoms with Crippen LogP contribution in [0.4, 0.5) is 10.5 Å². The van der Waals surface area contributed by atoms with Crippen molar-refractivity contribution >= 4 is 41.7 Å². The van der Waals surface area contributed by atoms with Gasteiger partial charge in [0.15, 0.2) is 5.96 Å². The highest BCUT2D eigenvalue weighted by molar-refractivity contribution is 14.0. The number of rotatable bonds is 7. The first-order valence-corrected chi connectivity index (χ1v) is 11.6. The van der Waals surface area contributed by atoms with Gasteiger partial charge < -0.3 is 25.3 Å². The van der Waals surface area contributed by atoms with Crippen LogP contribution in [0.15, 0.2) is 52.1 Å². The van der Waals surface area contributed by atoms with Gasteiger partial charge in [-0.2, -0.15) is 0 Å². The number of likely N-dealkylation sites (tertiary alicyclic amines) is 2. The van der Waals surface area contributed by atoms with Gasteiger partial charge >= 0.3 is 6.03 Å². The predicted octanol–water partition coefficient (Wildman–Crippen LogP) is 4.03. The molecule has 3 heterocycles. The first-order valence-electron chi connectivity index (χ1n) is 11.6. The molecule has 1 aromatic carbocycles. The third-order valence-electron chi connectivity index (χ3n) is 6.17. The van der Waals surface area contributed by atoms with Crippen molar-refractivity contribution in [1.29, 1.82) is 0 Å². The minimum Gasteiger partial charge on any atom is -0.468 e. The lowest BCUT2D eigenvalue weighted by Crippen LogP contribution is -2.42. The lowest BCUT2D eigenvalue weighted by molar-refractivity contribution is 0.215. The number of aliphatic imine (C=N–C) groups is 1. The van der Waals surface area contributed by atoms with E-state index >= 15 is 0 Å². The molecule has 0 bridgehead atoms. The Kier molecular flexibility index (Phi) is 9.86. The van der Waals surface area contributed by atoms with E-state index in [0.29, 0.717) is 6.54 Å². The van der Waals surface area contributed by atoms with Gasteiger partial charge in [-0.15, -0.1) is 24.0 Å². The highest BCUT2D eigenvalue weighted by Crippen LogP contribution is 2.24. The molecule has 2 aliphatic heterocycles. The first kappa shape index (κ1) is 25.4. The summed E-state index contributed by atoms with van der Waals surface area (Å²) in [4.78, 5) is 21.1. The fourth-order valence-electron chi connectivity index (χ4n) is 4.43. The number of anilines is 1. The van der Waals surface area contributed by atoms with E-state index in [1.807, 2.05) is 41.3 Å². The summed E-state index contributed by atoms with van der Waals surface area (Å²) in [7, 11) is 1.78. The molecule has 4 rings (SSSR count). The Bertz CT molecular complexity index is 892. The zero-order valence-electron chi connectivity index (χ0n) is 19.3. The van der Waals surface area contributed by atoms with Crippen molar-refractivity contribution in [2.75, 3.05) is 45.1 Å². The van der Waals surface area contributed by atoms with E-state index in [4.69, 9.17) is 4.42 Å². The summed E-state index contributed by atoms with van der Waals surface area (Å²) < 4.78 is 5.71. The first-order chi connectivity index (χ1) is 15.7. The van der Waals surface area contributed by atoms with Crippen LogP contribution in [0.1, 0.15) is 43.0 Å². The fourth-order valence-corrected chi connectivity index (χ4v) is 4.43. The maximum absolute atomic E-state index is 12.4. The quantitative estimate of drug-likeness (QED) is 0.268. The van der Waals surface area contributed by atoms with E-state index in [9.17, 15) is 4.79 Å². The molecule has 2 aromatic rings. The van der Waals surface area contributed by atoms with E-state index in [0.717, 1.165) is 68.5 Å². The van der Waals surface area contributed by atoms with E-state index in [1.165, 1.54) is 12.8 Å². The van der Waals surface area contributed by atoms with Crippen LogP contribution in [0.2, 0.25) is 0 Å². The molecule has 0 radical (unpaired) electrons. The van der Waals surface area contributed by atoms with Crippen LogP contribution < -0.4 is 16.0 Å². The molecule has 2 amide bonds. The second kappa shape index (κ2) is 12.8. The van der Waals surface area contributed by atoms with Gasteiger partial charge in [0.25, 0.3) is 0 Å². The molecule has 2 fully saturated rings. The molecule has 1 aromatic heterocycles. The molecule has 180 valence electrons. The van der Waals surface area contributed by atoms with Gasteiger partial charge in [0.05, 0.1) is 12.3 Å². The maximum Gasteiger partial charge on any atom is 0.321 e. The molecule has 8 nitrogen and oxygen atoms in total. The van der Waals surface area contributed by atoms with Gasteiger partial charge in [-0.1, -0.05) is 12.1 Å². The van der Waals surface area contributed by atoms with Crippen molar-refractivity contribution in [1.82, 2.24) is 20.4 Å². The minimum absolute atomic E-state index is 0. The van der Waals surface area contributed by atoms with Gasteiger partial charge in [-0.05, 0) is 68.6 Å². The third-order valence-corrected chi connectivity index (χ3v) is 6.17. The molecule has 1 unspecified atom stereocenters. The Hall–Kier alpha value is -2.27. The minimum atomic E-state index is -0.0176. The molecule has 1 atom stereocenters. The average Bonchev–Trinajstić information content (AvgIpc) is 3.59. The molecule has 2 aliphatic rings. The monoisotopic (exact) mass is 566 g/mol. The Labute approximate surface area is 213 Å². The van der Waals surface area contributed by atoms with Gasteiger partial charge in [-0.25, -0.2) is 4.79 Å². The topological polar surface area (TPSA) is 85.1 Å². The van der Waals surface area contributed by atoms with Crippen LogP contribution in [0.25, 0.3) is 0 Å². The van der Waals surface area contributed by atoms with Crippen LogP contribution in [0.5, 0.6) is 0 Å². The number of nitrogens with zero attached hydrogens (tertiary/aromatic N) is 3. The Morgan fingerprint density at radius 3 is 2.52 bits per heavy atom. The van der Waals surface area contributed by atoms with E-state index < -0.39 is 0 Å². The molecule has 0 aliphatic carbocycles. The number of urea groups is 1. The van der Waals surface area contributed by atoms with Crippen LogP contribution in [-0.2, 0) is 6.54 Å². The number of furan rings is 1. The second-order valence-corrected chi connectivity index (χ2v) is 8.41. The molecule has 9 heteroatoms. The normalized spacial score (nSPS) is 17.5. The molecular weight excluding hydrogens is 531 g/mol. The standard InChI is InChI=1S/C24H34N6O2.HI/c1-25-23(27-18-21(22-10-7-15-32-22)29-11-2-3-12-29)26-17-19-8-6-9-20(16-19)28-24(31)30-13-4-5-14-30;/h6-10,15-16,21H,2-5,11-14,17-18H2,1H3,(H,28,31)(H2,25,26,27);1H. The third kappa shape index (κ3) is 7.10. The number of hydrogen-bond donors (Lipinski definition) is 3. The molecule has 0 spiro atoms. The number of halogens is 1. The number of hydrogen-bond acceptors (Lipinski definition) is 4. The van der Waals surface area contributed by atoms with Gasteiger partial charge in [0.1, 0.15) is 5.76 Å². The lowest BCUT2D eigenvalue weighted by atomic mass is 10.2. The van der Waals surface area contributed by atoms with Crippen molar-refractivity contribution in [3.63, 3.8) is 0 Å². The number of benzene rings is 1. The lowest BCUT2D eigenvalue weighted by Gasteiger charge is -2.26. The highest BCUT2D eigenvalue weighted by atomic mass is 127. The summed E-state index contributed by atoms with van der Waals surface area (Å²) in [6.07, 6.45) is 6.37. The summed E-state index contributed by atoms with van der Waals surface area (Å²) in [5, 5.41) is 9.84. The van der Waals surface area contributed by atoms with Gasteiger partial charge in [0, 0.05) is 38.9 Å². The number of carbonyl (C=O) groups excluding carboxylic acids is 1. The van der Waals surface area contributed by atoms with Crippen molar-refractivity contribution in [2.45, 2.75) is 38.3 Å². The second-order valence-electron chi connectivity index (χ2n) is 8.41. The zero-order valence-corrected chi connectivity index (χ0v) is 21.6. The summed E-state index contributed by atoms with van der Waals surface area (Å²) >= 11 is 0. The summed E-state index contributed by atoms with van der Waals surface area (Å²) in [6.45, 7) is 5.20. The van der Waals surface area contributed by atoms with Crippen molar-refractivity contribution in [3.05, 3.63) is 54.0 Å². The van der Waals surface area contributed by atoms with Crippen LogP contribution in [0, 0.1) is 0 Å². The largest absolute Gasteiger partial charge is 0.468 e. The summed E-state index contributed by atoms with van der Waals surface area (Å²) in [5.41, 5.74) is 1.89. The summed E-state index contributed by atoms with van der Waals surface area (Å²) in [6, 6.07) is 12.1. The Morgan fingerprint density at radius 2 is 1.82 bits per heavy atom. The van der Waals surface area contributed by atoms with Crippen LogP contribution >= 0.6 is 24.0 Å². The molecular formula is C24H35IN6O2. The predicted molar refractivity (Wildman–Crippen MR) is 142 cm³/mol. The maximum atomic E-state index is 12.4. The molecule has 3 N–H and O–H groups in total. The van der Waals surface area contributed by atoms with Gasteiger partial charge in [-0.3, -0.25) is 9.89 Å². The Morgan fingerprint density at radius 1 is 1.06 bits per heavy atom. The number of amides is 2. The number of guanidine groups is 1. The van der Waals surface area contributed by atoms with Crippen molar-refractivity contribution in [3.8, 4) is 0 Å². The molecule has 2 saturated heterocycles. The van der Waals surface area contributed by atoms with Crippen LogP contribution in [0.3, 0.4) is 0 Å². The van der Waals surface area contributed by atoms with E-state index in [1.54, 1.807) is 13.3 Å². The fraction of sp³-hybridized carbons (Fsp3) is 0.500. The molecule has 0 saturated carbocycles. The zero-order chi connectivity index (χ0) is 22.2.